The quantitative estimate of drug-likeness (QED) is 0.612. The Morgan fingerprint density at radius 1 is 1.00 bits per heavy atom. The number of nitrogen functional groups attached to an aromatic ring is 1. The topological polar surface area (TPSA) is 35.9 Å². The molecule has 0 aliphatic rings. The summed E-state index contributed by atoms with van der Waals surface area (Å²) in [6.07, 6.45) is 0. The highest BCUT2D eigenvalue weighted by Crippen LogP contribution is 2.34. The number of nitrogens with zero attached hydrogens (tertiary/aromatic N) is 2. The number of fused-ring (bicyclic) bond motifs is 3. The molecule has 2 heterocycles. The molecular formula is C13H15N3. The van der Waals surface area contributed by atoms with E-state index in [1.807, 2.05) is 7.05 Å². The molecule has 0 atom stereocenters. The fourth-order valence-corrected chi connectivity index (χ4v) is 2.64. The first-order valence-electron chi connectivity index (χ1n) is 5.40. The zero-order valence-corrected chi connectivity index (χ0v) is 9.78. The minimum Gasteiger partial charge on any atom is -0.385 e. The van der Waals surface area contributed by atoms with E-state index >= 15 is 0 Å². The molecule has 0 aliphatic heterocycles. The zero-order valence-electron chi connectivity index (χ0n) is 9.78. The Balaban J connectivity index is 2.71. The molecule has 0 aliphatic carbocycles. The lowest BCUT2D eigenvalue weighted by Gasteiger charge is -2.01. The molecule has 16 heavy (non-hydrogen) atoms. The number of aromatic nitrogens is 2. The van der Waals surface area contributed by atoms with Gasteiger partial charge in [-0.2, -0.15) is 0 Å². The van der Waals surface area contributed by atoms with Crippen molar-refractivity contribution in [2.45, 2.75) is 6.92 Å². The highest BCUT2D eigenvalue weighted by molar-refractivity contribution is 6.09. The number of para-hydroxylation sites is 1. The van der Waals surface area contributed by atoms with Crippen LogP contribution < -0.4 is 5.73 Å². The monoisotopic (exact) mass is 213 g/mol. The van der Waals surface area contributed by atoms with Gasteiger partial charge in [-0.15, -0.1) is 0 Å². The van der Waals surface area contributed by atoms with Crippen molar-refractivity contribution in [2.24, 2.45) is 14.1 Å². The molecule has 0 spiro atoms. The Morgan fingerprint density at radius 2 is 1.69 bits per heavy atom. The summed E-state index contributed by atoms with van der Waals surface area (Å²) in [5.74, 6) is 0.853. The standard InChI is InChI=1S/C13H15N3/c1-8-11-12(16(3)13(8)14)9-6-4-5-7-10(9)15(11)2/h4-7H,14H2,1-3H3. The van der Waals surface area contributed by atoms with Crippen molar-refractivity contribution in [3.8, 4) is 0 Å². The lowest BCUT2D eigenvalue weighted by atomic mass is 10.2. The molecule has 0 unspecified atom stereocenters. The summed E-state index contributed by atoms with van der Waals surface area (Å²) < 4.78 is 4.30. The van der Waals surface area contributed by atoms with Crippen LogP contribution in [0.5, 0.6) is 0 Å². The first-order chi connectivity index (χ1) is 7.63. The fourth-order valence-electron chi connectivity index (χ4n) is 2.64. The third-order valence-corrected chi connectivity index (χ3v) is 3.52. The van der Waals surface area contributed by atoms with Crippen LogP contribution in [0.4, 0.5) is 5.82 Å². The van der Waals surface area contributed by atoms with Gasteiger partial charge in [0.05, 0.1) is 16.6 Å². The van der Waals surface area contributed by atoms with Crippen LogP contribution >= 0.6 is 0 Å². The maximum absolute atomic E-state index is 6.07. The van der Waals surface area contributed by atoms with Gasteiger partial charge in [0.1, 0.15) is 5.82 Å². The van der Waals surface area contributed by atoms with Crippen molar-refractivity contribution >= 4 is 27.8 Å². The normalized spacial score (nSPS) is 11.7. The van der Waals surface area contributed by atoms with Crippen molar-refractivity contribution in [2.75, 3.05) is 5.73 Å². The van der Waals surface area contributed by atoms with E-state index < -0.39 is 0 Å². The van der Waals surface area contributed by atoms with E-state index in [1.54, 1.807) is 0 Å². The number of hydrogen-bond acceptors (Lipinski definition) is 1. The molecule has 2 N–H and O–H groups in total. The molecule has 0 bridgehead atoms. The summed E-state index contributed by atoms with van der Waals surface area (Å²) in [6.45, 7) is 2.08. The second-order valence-corrected chi connectivity index (χ2v) is 4.34. The van der Waals surface area contributed by atoms with Gasteiger partial charge < -0.3 is 14.9 Å². The van der Waals surface area contributed by atoms with Crippen LogP contribution in [0.3, 0.4) is 0 Å². The maximum atomic E-state index is 6.07. The molecule has 3 heteroatoms. The average Bonchev–Trinajstić information content (AvgIpc) is 2.71. The Morgan fingerprint density at radius 3 is 2.44 bits per heavy atom. The molecule has 0 saturated carbocycles. The van der Waals surface area contributed by atoms with Crippen molar-refractivity contribution in [1.29, 1.82) is 0 Å². The molecule has 3 rings (SSSR count). The molecule has 0 fully saturated rings. The van der Waals surface area contributed by atoms with Gasteiger partial charge in [0.25, 0.3) is 0 Å². The first kappa shape index (κ1) is 9.33. The number of nitrogens with two attached hydrogens (primary N) is 1. The number of benzene rings is 1. The molecule has 1 aromatic carbocycles. The van der Waals surface area contributed by atoms with Crippen molar-refractivity contribution < 1.29 is 0 Å². The second kappa shape index (κ2) is 2.82. The van der Waals surface area contributed by atoms with Crippen LogP contribution in [0.25, 0.3) is 21.9 Å². The van der Waals surface area contributed by atoms with Crippen molar-refractivity contribution in [3.05, 3.63) is 29.8 Å². The molecule has 2 aromatic heterocycles. The van der Waals surface area contributed by atoms with Crippen LogP contribution in [-0.4, -0.2) is 9.13 Å². The molecule has 0 radical (unpaired) electrons. The number of aryl methyl sites for hydroxylation is 3. The minimum atomic E-state index is 0.853. The van der Waals surface area contributed by atoms with Crippen LogP contribution in [0.2, 0.25) is 0 Å². The average molecular weight is 213 g/mol. The largest absolute Gasteiger partial charge is 0.385 e. The second-order valence-electron chi connectivity index (χ2n) is 4.34. The molecule has 3 aromatic rings. The van der Waals surface area contributed by atoms with Crippen molar-refractivity contribution in [1.82, 2.24) is 9.13 Å². The summed E-state index contributed by atoms with van der Waals surface area (Å²) >= 11 is 0. The van der Waals surface area contributed by atoms with Gasteiger partial charge in [-0.1, -0.05) is 18.2 Å². The Bertz CT molecular complexity index is 701. The minimum absolute atomic E-state index is 0.853. The molecule has 82 valence electrons. The maximum Gasteiger partial charge on any atom is 0.108 e. The molecule has 3 nitrogen and oxygen atoms in total. The predicted molar refractivity (Wildman–Crippen MR) is 68.5 cm³/mol. The van der Waals surface area contributed by atoms with Crippen LogP contribution in [-0.2, 0) is 14.1 Å². The molecular weight excluding hydrogens is 198 g/mol. The highest BCUT2D eigenvalue weighted by Gasteiger charge is 2.16. The van der Waals surface area contributed by atoms with E-state index in [1.165, 1.54) is 21.9 Å². The lowest BCUT2D eigenvalue weighted by Crippen LogP contribution is -1.97. The van der Waals surface area contributed by atoms with E-state index in [-0.39, 0.29) is 0 Å². The Hall–Kier alpha value is -1.90. The van der Waals surface area contributed by atoms with Crippen LogP contribution in [0.1, 0.15) is 5.56 Å². The Kier molecular flexibility index (Phi) is 1.64. The van der Waals surface area contributed by atoms with Gasteiger partial charge in [-0.25, -0.2) is 0 Å². The van der Waals surface area contributed by atoms with E-state index in [4.69, 9.17) is 5.73 Å². The summed E-state index contributed by atoms with van der Waals surface area (Å²) in [6, 6.07) is 8.43. The first-order valence-corrected chi connectivity index (χ1v) is 5.40. The zero-order chi connectivity index (χ0) is 11.4. The third kappa shape index (κ3) is 0.883. The smallest absolute Gasteiger partial charge is 0.108 e. The van der Waals surface area contributed by atoms with E-state index in [9.17, 15) is 0 Å². The van der Waals surface area contributed by atoms with Gasteiger partial charge in [0.2, 0.25) is 0 Å². The van der Waals surface area contributed by atoms with Gasteiger partial charge >= 0.3 is 0 Å². The van der Waals surface area contributed by atoms with E-state index in [0.717, 1.165) is 11.4 Å². The SMILES string of the molecule is Cc1c(N)n(C)c2c3ccccc3n(C)c12. The van der Waals surface area contributed by atoms with Gasteiger partial charge in [0.15, 0.2) is 0 Å². The Labute approximate surface area is 94.1 Å². The van der Waals surface area contributed by atoms with Crippen LogP contribution in [0.15, 0.2) is 24.3 Å². The summed E-state index contributed by atoms with van der Waals surface area (Å²) in [5.41, 5.74) is 11.0. The van der Waals surface area contributed by atoms with Gasteiger partial charge in [0, 0.05) is 25.0 Å². The molecule has 0 saturated heterocycles. The highest BCUT2D eigenvalue weighted by atomic mass is 15.1. The lowest BCUT2D eigenvalue weighted by molar-refractivity contribution is 0.982. The summed E-state index contributed by atoms with van der Waals surface area (Å²) in [7, 11) is 4.12. The summed E-state index contributed by atoms with van der Waals surface area (Å²) in [5, 5.41) is 1.27. The number of rotatable bonds is 0. The molecule has 0 amide bonds. The fraction of sp³-hybridized carbons (Fsp3) is 0.231. The van der Waals surface area contributed by atoms with Gasteiger partial charge in [-0.3, -0.25) is 0 Å². The van der Waals surface area contributed by atoms with Crippen LogP contribution in [0, 0.1) is 6.92 Å². The van der Waals surface area contributed by atoms with Gasteiger partial charge in [-0.05, 0) is 13.0 Å². The number of anilines is 1. The van der Waals surface area contributed by atoms with Crippen molar-refractivity contribution in [3.63, 3.8) is 0 Å². The predicted octanol–water partition coefficient (Wildman–Crippen LogP) is 2.56. The summed E-state index contributed by atoms with van der Waals surface area (Å²) in [4.78, 5) is 0. The van der Waals surface area contributed by atoms with E-state index in [0.29, 0.717) is 0 Å². The van der Waals surface area contributed by atoms with E-state index in [2.05, 4.69) is 47.4 Å². The third-order valence-electron chi connectivity index (χ3n) is 3.52. The number of hydrogen-bond donors (Lipinski definition) is 1.